The monoisotopic (exact) mass is 371 g/mol. The maximum atomic E-state index is 13.2. The fourth-order valence-corrected chi connectivity index (χ4v) is 2.55. The Labute approximate surface area is 154 Å². The lowest BCUT2D eigenvalue weighted by Gasteiger charge is -2.13. The number of fused-ring (bicyclic) bond motifs is 1. The van der Waals surface area contributed by atoms with Crippen molar-refractivity contribution in [2.45, 2.75) is 13.8 Å². The lowest BCUT2D eigenvalue weighted by atomic mass is 10.1. The molecule has 4 aromatic rings. The van der Waals surface area contributed by atoms with Crippen molar-refractivity contribution in [3.05, 3.63) is 59.9 Å². The fourth-order valence-electron chi connectivity index (χ4n) is 2.55. The topological polar surface area (TPSA) is 76.7 Å². The van der Waals surface area contributed by atoms with E-state index in [0.29, 0.717) is 22.9 Å². The zero-order valence-electron chi connectivity index (χ0n) is 14.0. The molecular weight excluding hydrogens is 357 g/mol. The molecule has 0 bridgehead atoms. The van der Waals surface area contributed by atoms with Gasteiger partial charge in [0.05, 0.1) is 11.3 Å². The van der Waals surface area contributed by atoms with Gasteiger partial charge in [0.25, 0.3) is 5.89 Å². The minimum Gasteiger partial charge on any atom is -0.354 e. The molecule has 0 aliphatic rings. The zero-order chi connectivity index (χ0) is 17.4. The molecule has 0 amide bonds. The summed E-state index contributed by atoms with van der Waals surface area (Å²) in [5.41, 5.74) is 3.58. The Morgan fingerprint density at radius 2 is 1.77 bits per heavy atom. The lowest BCUT2D eigenvalue weighted by Crippen LogP contribution is -1.98. The number of benzene rings is 1. The Kier molecular flexibility index (Phi) is 4.81. The molecule has 0 unspecified atom stereocenters. The van der Waals surface area contributed by atoms with Gasteiger partial charge in [0, 0.05) is 23.0 Å². The molecule has 0 saturated heterocycles. The fraction of sp³-hybridized carbons (Fsp3) is 0.111. The van der Waals surface area contributed by atoms with E-state index in [-0.39, 0.29) is 18.2 Å². The molecule has 3 heterocycles. The first kappa shape index (κ1) is 17.8. The summed E-state index contributed by atoms with van der Waals surface area (Å²) >= 11 is 0. The number of hydrogen-bond donors (Lipinski definition) is 1. The van der Waals surface area contributed by atoms with Crippen LogP contribution in [-0.4, -0.2) is 20.1 Å². The molecule has 1 aromatic carbocycles. The number of nitrogens with zero attached hydrogens (tertiary/aromatic N) is 4. The van der Waals surface area contributed by atoms with E-state index in [4.69, 9.17) is 4.52 Å². The van der Waals surface area contributed by atoms with Gasteiger partial charge in [-0.3, -0.25) is 0 Å². The van der Waals surface area contributed by atoms with Crippen molar-refractivity contribution in [1.29, 1.82) is 0 Å². The van der Waals surface area contributed by atoms with Gasteiger partial charge in [0.15, 0.2) is 11.5 Å². The predicted molar refractivity (Wildman–Crippen MR) is 99.2 cm³/mol. The summed E-state index contributed by atoms with van der Waals surface area (Å²) in [7, 11) is 0. The van der Waals surface area contributed by atoms with Gasteiger partial charge in [0.2, 0.25) is 0 Å². The molecule has 132 valence electrons. The summed E-state index contributed by atoms with van der Waals surface area (Å²) in [6.07, 6.45) is 1.65. The minimum atomic E-state index is -0.296. The van der Waals surface area contributed by atoms with Crippen LogP contribution in [0, 0.1) is 19.7 Å². The number of pyridine rings is 2. The van der Waals surface area contributed by atoms with Gasteiger partial charge in [-0.2, -0.15) is 4.98 Å². The maximum absolute atomic E-state index is 13.2. The van der Waals surface area contributed by atoms with Gasteiger partial charge in [-0.1, -0.05) is 5.16 Å². The Bertz CT molecular complexity index is 1070. The van der Waals surface area contributed by atoms with Gasteiger partial charge >= 0.3 is 0 Å². The van der Waals surface area contributed by atoms with Crippen molar-refractivity contribution < 1.29 is 8.91 Å². The van der Waals surface area contributed by atoms with Crippen molar-refractivity contribution >= 4 is 34.8 Å². The highest BCUT2D eigenvalue weighted by atomic mass is 35.5. The number of aryl methyl sites for hydroxylation is 2. The number of hydrogen-bond acceptors (Lipinski definition) is 6. The van der Waals surface area contributed by atoms with Crippen molar-refractivity contribution in [3.8, 4) is 11.5 Å². The van der Waals surface area contributed by atoms with Crippen LogP contribution in [0.5, 0.6) is 0 Å². The van der Waals surface area contributed by atoms with Gasteiger partial charge in [-0.05, 0) is 50.2 Å². The number of rotatable bonds is 3. The van der Waals surface area contributed by atoms with Crippen LogP contribution in [0.4, 0.5) is 15.8 Å². The first-order chi connectivity index (χ1) is 12.1. The van der Waals surface area contributed by atoms with E-state index in [9.17, 15) is 4.39 Å². The molecule has 0 spiro atoms. The number of nitrogens with one attached hydrogen (secondary N) is 1. The summed E-state index contributed by atoms with van der Waals surface area (Å²) in [5.74, 6) is 0.595. The molecule has 0 atom stereocenters. The van der Waals surface area contributed by atoms with E-state index in [1.54, 1.807) is 25.3 Å². The van der Waals surface area contributed by atoms with Crippen LogP contribution in [0.2, 0.25) is 0 Å². The SMILES string of the molecule is Cc1ccc2c(Nc3ccc(F)cc3)c(-c3nc(C)no3)cnc2n1.Cl. The summed E-state index contributed by atoms with van der Waals surface area (Å²) < 4.78 is 18.5. The second-order valence-corrected chi connectivity index (χ2v) is 5.65. The van der Waals surface area contributed by atoms with Crippen molar-refractivity contribution in [2.24, 2.45) is 0 Å². The normalized spacial score (nSPS) is 10.6. The van der Waals surface area contributed by atoms with E-state index in [2.05, 4.69) is 25.4 Å². The smallest absolute Gasteiger partial charge is 0.261 e. The van der Waals surface area contributed by atoms with Gasteiger partial charge in [0.1, 0.15) is 5.82 Å². The van der Waals surface area contributed by atoms with Crippen LogP contribution < -0.4 is 5.32 Å². The van der Waals surface area contributed by atoms with Crippen molar-refractivity contribution in [2.75, 3.05) is 5.32 Å². The quantitative estimate of drug-likeness (QED) is 0.567. The summed E-state index contributed by atoms with van der Waals surface area (Å²) in [6.45, 7) is 3.66. The van der Waals surface area contributed by atoms with E-state index in [1.807, 2.05) is 19.1 Å². The van der Waals surface area contributed by atoms with Crippen LogP contribution in [0.15, 0.2) is 47.1 Å². The van der Waals surface area contributed by atoms with Gasteiger partial charge < -0.3 is 9.84 Å². The molecule has 3 aromatic heterocycles. The van der Waals surface area contributed by atoms with Crippen LogP contribution in [0.3, 0.4) is 0 Å². The van der Waals surface area contributed by atoms with Gasteiger partial charge in [-0.15, -0.1) is 12.4 Å². The molecule has 26 heavy (non-hydrogen) atoms. The second kappa shape index (κ2) is 7.05. The lowest BCUT2D eigenvalue weighted by molar-refractivity contribution is 0.425. The first-order valence-electron chi connectivity index (χ1n) is 7.70. The molecule has 8 heteroatoms. The largest absolute Gasteiger partial charge is 0.354 e. The van der Waals surface area contributed by atoms with Crippen molar-refractivity contribution in [1.82, 2.24) is 20.1 Å². The third-order valence-corrected chi connectivity index (χ3v) is 3.74. The highest BCUT2D eigenvalue weighted by Gasteiger charge is 2.17. The molecule has 0 fully saturated rings. The average molecular weight is 372 g/mol. The summed E-state index contributed by atoms with van der Waals surface area (Å²) in [5, 5.41) is 7.94. The van der Waals surface area contributed by atoms with Crippen LogP contribution in [-0.2, 0) is 0 Å². The van der Waals surface area contributed by atoms with Crippen LogP contribution in [0.1, 0.15) is 11.5 Å². The molecule has 6 nitrogen and oxygen atoms in total. The summed E-state index contributed by atoms with van der Waals surface area (Å²) in [4.78, 5) is 13.1. The third-order valence-electron chi connectivity index (χ3n) is 3.74. The molecule has 0 saturated carbocycles. The maximum Gasteiger partial charge on any atom is 0.261 e. The van der Waals surface area contributed by atoms with Crippen LogP contribution >= 0.6 is 12.4 Å². The second-order valence-electron chi connectivity index (χ2n) is 5.65. The van der Waals surface area contributed by atoms with Crippen LogP contribution in [0.25, 0.3) is 22.5 Å². The Balaban J connectivity index is 0.00000196. The van der Waals surface area contributed by atoms with Crippen molar-refractivity contribution in [3.63, 3.8) is 0 Å². The molecule has 0 radical (unpaired) electrons. The van der Waals surface area contributed by atoms with E-state index < -0.39 is 0 Å². The van der Waals surface area contributed by atoms with E-state index in [1.165, 1.54) is 12.1 Å². The van der Waals surface area contributed by atoms with E-state index in [0.717, 1.165) is 22.5 Å². The molecule has 0 aliphatic carbocycles. The van der Waals surface area contributed by atoms with Gasteiger partial charge in [-0.25, -0.2) is 14.4 Å². The zero-order valence-corrected chi connectivity index (χ0v) is 14.8. The minimum absolute atomic E-state index is 0. The molecule has 1 N–H and O–H groups in total. The molecule has 4 rings (SSSR count). The Morgan fingerprint density at radius 1 is 1.00 bits per heavy atom. The van der Waals surface area contributed by atoms with E-state index >= 15 is 0 Å². The highest BCUT2D eigenvalue weighted by Crippen LogP contribution is 2.34. The number of halogens is 2. The number of anilines is 2. The predicted octanol–water partition coefficient (Wildman–Crippen LogP) is 4.60. The first-order valence-corrected chi connectivity index (χ1v) is 7.70. The third kappa shape index (κ3) is 3.34. The highest BCUT2D eigenvalue weighted by molar-refractivity contribution is 5.98. The Hall–Kier alpha value is -3.06. The molecule has 0 aliphatic heterocycles. The molecular formula is C18H15ClFN5O. The number of aromatic nitrogens is 4. The average Bonchev–Trinajstić information content (AvgIpc) is 3.03. The Morgan fingerprint density at radius 3 is 2.46 bits per heavy atom. The standard InChI is InChI=1S/C18H14FN5O.ClH/c1-10-3-8-14-16(23-13-6-4-12(19)5-7-13)15(9-20-17(14)21-10)18-22-11(2)24-25-18;/h3-9H,1-2H3,(H,20,21,23);1H. The summed E-state index contributed by atoms with van der Waals surface area (Å²) in [6, 6.07) is 9.94.